The molecule has 0 spiro atoms. The van der Waals surface area contributed by atoms with E-state index in [4.69, 9.17) is 5.84 Å². The lowest BCUT2D eigenvalue weighted by atomic mass is 9.96. The van der Waals surface area contributed by atoms with E-state index in [0.717, 1.165) is 18.4 Å². The van der Waals surface area contributed by atoms with Crippen LogP contribution in [0, 0.1) is 12.7 Å². The van der Waals surface area contributed by atoms with Crippen LogP contribution in [0.4, 0.5) is 10.1 Å². The molecule has 1 aromatic carbocycles. The van der Waals surface area contributed by atoms with Gasteiger partial charge in [-0.1, -0.05) is 25.3 Å². The fourth-order valence-corrected chi connectivity index (χ4v) is 2.36. The maximum atomic E-state index is 13.7. The summed E-state index contributed by atoms with van der Waals surface area (Å²) in [5.41, 5.74) is 3.90. The first kappa shape index (κ1) is 13.8. The minimum atomic E-state index is -0.308. The second kappa shape index (κ2) is 6.52. The fourth-order valence-electron chi connectivity index (χ4n) is 2.36. The minimum Gasteiger partial charge on any atom is -0.323 e. The van der Waals surface area contributed by atoms with Crippen LogP contribution in [0.1, 0.15) is 37.7 Å². The van der Waals surface area contributed by atoms with Crippen molar-refractivity contribution in [2.45, 2.75) is 45.1 Å². The largest absolute Gasteiger partial charge is 0.323 e. The molecule has 2 rings (SSSR count). The van der Waals surface area contributed by atoms with Gasteiger partial charge in [-0.25, -0.2) is 15.2 Å². The maximum Gasteiger partial charge on any atom is 0.210 e. The Labute approximate surface area is 113 Å². The van der Waals surface area contributed by atoms with Crippen molar-refractivity contribution in [1.29, 1.82) is 0 Å². The number of aryl methyl sites for hydroxylation is 1. The summed E-state index contributed by atoms with van der Waals surface area (Å²) in [4.78, 5) is 4.52. The van der Waals surface area contributed by atoms with E-state index >= 15 is 0 Å². The molecule has 1 fully saturated rings. The van der Waals surface area contributed by atoms with Gasteiger partial charge in [0.05, 0.1) is 11.7 Å². The number of anilines is 1. The van der Waals surface area contributed by atoms with Crippen LogP contribution in [0.15, 0.2) is 23.2 Å². The van der Waals surface area contributed by atoms with Crippen molar-refractivity contribution in [3.05, 3.63) is 29.6 Å². The molecule has 4 N–H and O–H groups in total. The topological polar surface area (TPSA) is 62.4 Å². The highest BCUT2D eigenvalue weighted by Crippen LogP contribution is 2.21. The number of rotatable bonds is 2. The summed E-state index contributed by atoms with van der Waals surface area (Å²) < 4.78 is 13.7. The van der Waals surface area contributed by atoms with E-state index in [2.05, 4.69) is 15.7 Å². The van der Waals surface area contributed by atoms with Crippen LogP contribution in [0.2, 0.25) is 0 Å². The molecule has 5 heteroatoms. The number of halogens is 1. The lowest BCUT2D eigenvalue weighted by molar-refractivity contribution is 0.442. The highest BCUT2D eigenvalue weighted by molar-refractivity contribution is 5.93. The molecule has 0 atom stereocenters. The van der Waals surface area contributed by atoms with Crippen LogP contribution in [0.5, 0.6) is 0 Å². The summed E-state index contributed by atoms with van der Waals surface area (Å²) in [5.74, 6) is 5.58. The second-order valence-corrected chi connectivity index (χ2v) is 5.02. The summed E-state index contributed by atoms with van der Waals surface area (Å²) in [6.45, 7) is 1.92. The summed E-state index contributed by atoms with van der Waals surface area (Å²) in [7, 11) is 0. The Balaban J connectivity index is 2.09. The number of hydrogen-bond acceptors (Lipinski definition) is 2. The predicted octanol–water partition coefficient (Wildman–Crippen LogP) is 2.70. The fraction of sp³-hybridized carbons (Fsp3) is 0.500. The number of benzene rings is 1. The molecule has 0 saturated heterocycles. The van der Waals surface area contributed by atoms with E-state index in [0.29, 0.717) is 11.6 Å². The van der Waals surface area contributed by atoms with E-state index in [-0.39, 0.29) is 11.9 Å². The average Bonchev–Trinajstić information content (AvgIpc) is 2.43. The van der Waals surface area contributed by atoms with E-state index in [1.165, 1.54) is 25.3 Å². The van der Waals surface area contributed by atoms with E-state index < -0.39 is 0 Å². The van der Waals surface area contributed by atoms with Gasteiger partial charge in [0.2, 0.25) is 5.96 Å². The highest BCUT2D eigenvalue weighted by Gasteiger charge is 2.13. The van der Waals surface area contributed by atoms with Crippen LogP contribution >= 0.6 is 0 Å². The zero-order valence-electron chi connectivity index (χ0n) is 11.2. The molecular formula is C14H21FN4. The molecule has 0 aliphatic heterocycles. The Morgan fingerprint density at radius 1 is 1.32 bits per heavy atom. The molecule has 0 aromatic heterocycles. The number of nitrogens with zero attached hydrogens (tertiary/aromatic N) is 1. The number of nitrogens with one attached hydrogen (secondary N) is 2. The molecule has 0 bridgehead atoms. The van der Waals surface area contributed by atoms with Gasteiger partial charge in [-0.3, -0.25) is 5.43 Å². The summed E-state index contributed by atoms with van der Waals surface area (Å²) >= 11 is 0. The van der Waals surface area contributed by atoms with Crippen LogP contribution in [-0.4, -0.2) is 12.0 Å². The third-order valence-corrected chi connectivity index (χ3v) is 3.40. The second-order valence-electron chi connectivity index (χ2n) is 5.02. The molecule has 1 aliphatic carbocycles. The van der Waals surface area contributed by atoms with Gasteiger partial charge < -0.3 is 5.32 Å². The third kappa shape index (κ3) is 3.92. The summed E-state index contributed by atoms with van der Waals surface area (Å²) in [6.07, 6.45) is 5.82. The van der Waals surface area contributed by atoms with Gasteiger partial charge in [-0.05, 0) is 37.5 Å². The van der Waals surface area contributed by atoms with Crippen LogP contribution in [0.3, 0.4) is 0 Å². The molecule has 0 amide bonds. The van der Waals surface area contributed by atoms with Crippen molar-refractivity contribution in [3.63, 3.8) is 0 Å². The number of hydrogen-bond donors (Lipinski definition) is 3. The molecule has 0 heterocycles. The lowest BCUT2D eigenvalue weighted by Crippen LogP contribution is -2.37. The number of guanidine groups is 1. The Bertz CT molecular complexity index is 453. The molecule has 1 aromatic rings. The first-order valence-corrected chi connectivity index (χ1v) is 6.76. The standard InChI is InChI=1S/C14H21FN4/c1-10-7-8-12(15)13(9-10)18-14(19-16)17-11-5-3-2-4-6-11/h7-9,11H,2-6,16H2,1H3,(H2,17,18,19). The normalized spacial score (nSPS) is 17.3. The van der Waals surface area contributed by atoms with Crippen molar-refractivity contribution in [2.75, 3.05) is 5.32 Å². The molecule has 0 unspecified atom stereocenters. The number of nitrogens with two attached hydrogens (primary N) is 1. The average molecular weight is 264 g/mol. The molecule has 19 heavy (non-hydrogen) atoms. The van der Waals surface area contributed by atoms with Crippen molar-refractivity contribution < 1.29 is 4.39 Å². The van der Waals surface area contributed by atoms with Gasteiger partial charge in [0.15, 0.2) is 0 Å². The van der Waals surface area contributed by atoms with Crippen LogP contribution in [-0.2, 0) is 0 Å². The Morgan fingerprint density at radius 3 is 2.74 bits per heavy atom. The monoisotopic (exact) mass is 264 g/mol. The van der Waals surface area contributed by atoms with Crippen molar-refractivity contribution >= 4 is 11.6 Å². The van der Waals surface area contributed by atoms with E-state index in [9.17, 15) is 4.39 Å². The maximum absolute atomic E-state index is 13.7. The summed E-state index contributed by atoms with van der Waals surface area (Å²) in [5, 5.41) is 2.92. The SMILES string of the molecule is Cc1ccc(F)c(NC(=NC2CCCCC2)NN)c1. The van der Waals surface area contributed by atoms with Crippen LogP contribution < -0.4 is 16.6 Å². The van der Waals surface area contributed by atoms with Gasteiger partial charge >= 0.3 is 0 Å². The highest BCUT2D eigenvalue weighted by atomic mass is 19.1. The Kier molecular flexibility index (Phi) is 4.74. The van der Waals surface area contributed by atoms with Gasteiger partial charge in [-0.2, -0.15) is 0 Å². The smallest absolute Gasteiger partial charge is 0.210 e. The predicted molar refractivity (Wildman–Crippen MR) is 76.4 cm³/mol. The molecule has 1 saturated carbocycles. The molecule has 4 nitrogen and oxygen atoms in total. The lowest BCUT2D eigenvalue weighted by Gasteiger charge is -2.19. The minimum absolute atomic E-state index is 0.278. The quantitative estimate of drug-likeness (QED) is 0.333. The molecule has 0 radical (unpaired) electrons. The third-order valence-electron chi connectivity index (χ3n) is 3.40. The van der Waals surface area contributed by atoms with Crippen molar-refractivity contribution in [2.24, 2.45) is 10.8 Å². The number of aliphatic imine (C=N–C) groups is 1. The Morgan fingerprint density at radius 2 is 2.05 bits per heavy atom. The van der Waals surface area contributed by atoms with Crippen molar-refractivity contribution in [3.8, 4) is 0 Å². The van der Waals surface area contributed by atoms with Gasteiger partial charge in [0.25, 0.3) is 0 Å². The zero-order chi connectivity index (χ0) is 13.7. The van der Waals surface area contributed by atoms with Crippen LogP contribution in [0.25, 0.3) is 0 Å². The van der Waals surface area contributed by atoms with Gasteiger partial charge in [0, 0.05) is 0 Å². The van der Waals surface area contributed by atoms with E-state index in [1.54, 1.807) is 12.1 Å². The van der Waals surface area contributed by atoms with Gasteiger partial charge in [0.1, 0.15) is 5.82 Å². The Hall–Kier alpha value is -1.62. The molecule has 1 aliphatic rings. The number of hydrazine groups is 1. The van der Waals surface area contributed by atoms with E-state index in [1.807, 2.05) is 6.92 Å². The summed E-state index contributed by atoms with van der Waals surface area (Å²) in [6, 6.07) is 5.18. The zero-order valence-corrected chi connectivity index (χ0v) is 11.2. The molecule has 104 valence electrons. The first-order valence-electron chi connectivity index (χ1n) is 6.76. The van der Waals surface area contributed by atoms with Gasteiger partial charge in [-0.15, -0.1) is 0 Å². The molecular weight excluding hydrogens is 243 g/mol. The van der Waals surface area contributed by atoms with Crippen molar-refractivity contribution in [1.82, 2.24) is 5.43 Å². The first-order chi connectivity index (χ1) is 9.19.